The van der Waals surface area contributed by atoms with Crippen molar-refractivity contribution in [1.29, 1.82) is 0 Å². The maximum absolute atomic E-state index is 4.64. The van der Waals surface area contributed by atoms with Gasteiger partial charge in [-0.2, -0.15) is 0 Å². The van der Waals surface area contributed by atoms with Crippen LogP contribution in [0.1, 0.15) is 18.2 Å². The SMILES string of the molecule is CCc1nc(-c2cc(Br)c(Br)s2)nc(NC)c1C. The molecule has 2 rings (SSSR count). The van der Waals surface area contributed by atoms with Gasteiger partial charge < -0.3 is 5.32 Å². The first-order valence-electron chi connectivity index (χ1n) is 5.57. The second kappa shape index (κ2) is 5.67. The Bertz CT molecular complexity index is 536. The third kappa shape index (κ3) is 2.60. The second-order valence-corrected chi connectivity index (χ2v) is 7.03. The van der Waals surface area contributed by atoms with Crippen LogP contribution < -0.4 is 5.32 Å². The first kappa shape index (κ1) is 14.0. The van der Waals surface area contributed by atoms with Gasteiger partial charge in [-0.15, -0.1) is 11.3 Å². The molecule has 6 heteroatoms. The van der Waals surface area contributed by atoms with Crippen molar-refractivity contribution in [3.8, 4) is 10.7 Å². The van der Waals surface area contributed by atoms with Crippen molar-refractivity contribution in [2.45, 2.75) is 20.3 Å². The minimum absolute atomic E-state index is 0.776. The Kier molecular flexibility index (Phi) is 4.40. The van der Waals surface area contributed by atoms with Crippen LogP contribution in [-0.4, -0.2) is 17.0 Å². The van der Waals surface area contributed by atoms with E-state index in [1.54, 1.807) is 11.3 Å². The molecule has 0 spiro atoms. The van der Waals surface area contributed by atoms with Crippen LogP contribution >= 0.6 is 43.2 Å². The molecule has 0 amide bonds. The lowest BCUT2D eigenvalue weighted by atomic mass is 10.2. The van der Waals surface area contributed by atoms with Gasteiger partial charge in [0.1, 0.15) is 5.82 Å². The van der Waals surface area contributed by atoms with Crippen molar-refractivity contribution in [3.05, 3.63) is 25.6 Å². The fourth-order valence-corrected chi connectivity index (χ4v) is 3.69. The van der Waals surface area contributed by atoms with Crippen LogP contribution in [0.3, 0.4) is 0 Å². The summed E-state index contributed by atoms with van der Waals surface area (Å²) in [5.74, 6) is 1.68. The number of anilines is 1. The molecule has 0 radical (unpaired) electrons. The van der Waals surface area contributed by atoms with E-state index >= 15 is 0 Å². The van der Waals surface area contributed by atoms with Crippen LogP contribution in [0.4, 0.5) is 5.82 Å². The maximum atomic E-state index is 4.64. The minimum Gasteiger partial charge on any atom is -0.373 e. The van der Waals surface area contributed by atoms with E-state index in [2.05, 4.69) is 61.0 Å². The zero-order valence-corrected chi connectivity index (χ0v) is 14.3. The monoisotopic (exact) mass is 389 g/mol. The molecule has 2 aromatic heterocycles. The maximum Gasteiger partial charge on any atom is 0.171 e. The van der Waals surface area contributed by atoms with Crippen molar-refractivity contribution in [3.63, 3.8) is 0 Å². The number of aryl methyl sites for hydroxylation is 1. The van der Waals surface area contributed by atoms with E-state index in [0.717, 1.165) is 42.5 Å². The van der Waals surface area contributed by atoms with E-state index in [1.165, 1.54) is 0 Å². The average Bonchev–Trinajstić information content (AvgIpc) is 2.70. The Morgan fingerprint density at radius 2 is 2.06 bits per heavy atom. The van der Waals surface area contributed by atoms with Gasteiger partial charge in [-0.3, -0.25) is 0 Å². The van der Waals surface area contributed by atoms with Crippen molar-refractivity contribution in [1.82, 2.24) is 9.97 Å². The Labute approximate surface area is 127 Å². The summed E-state index contributed by atoms with van der Waals surface area (Å²) in [7, 11) is 1.89. The van der Waals surface area contributed by atoms with Gasteiger partial charge in [0, 0.05) is 22.8 Å². The van der Waals surface area contributed by atoms with Crippen LogP contribution in [0.15, 0.2) is 14.3 Å². The van der Waals surface area contributed by atoms with E-state index in [-0.39, 0.29) is 0 Å². The molecule has 0 fully saturated rings. The van der Waals surface area contributed by atoms with Crippen molar-refractivity contribution < 1.29 is 0 Å². The van der Waals surface area contributed by atoms with E-state index < -0.39 is 0 Å². The summed E-state index contributed by atoms with van der Waals surface area (Å²) in [6.45, 7) is 4.16. The molecule has 0 unspecified atom stereocenters. The molecule has 0 aliphatic rings. The number of hydrogen-bond donors (Lipinski definition) is 1. The molecular formula is C12H13Br2N3S. The summed E-state index contributed by atoms with van der Waals surface area (Å²) in [5.41, 5.74) is 2.21. The largest absolute Gasteiger partial charge is 0.373 e. The number of thiophene rings is 1. The van der Waals surface area contributed by atoms with Gasteiger partial charge in [0.2, 0.25) is 0 Å². The Morgan fingerprint density at radius 3 is 2.56 bits per heavy atom. The highest BCUT2D eigenvalue weighted by atomic mass is 79.9. The molecular weight excluding hydrogens is 378 g/mol. The van der Waals surface area contributed by atoms with Crippen molar-refractivity contribution in [2.75, 3.05) is 12.4 Å². The summed E-state index contributed by atoms with van der Waals surface area (Å²) < 4.78 is 2.10. The van der Waals surface area contributed by atoms with Crippen LogP contribution in [0, 0.1) is 6.92 Å². The Balaban J connectivity index is 2.57. The van der Waals surface area contributed by atoms with Crippen LogP contribution in [-0.2, 0) is 6.42 Å². The first-order chi connectivity index (χ1) is 8.56. The standard InChI is InChI=1S/C12H13Br2N3S/c1-4-8-6(2)11(15-3)17-12(16-8)9-5-7(13)10(14)18-9/h5H,4H2,1-3H3,(H,15,16,17). The lowest BCUT2D eigenvalue weighted by molar-refractivity contribution is 0.980. The number of nitrogens with one attached hydrogen (secondary N) is 1. The zero-order chi connectivity index (χ0) is 13.3. The highest BCUT2D eigenvalue weighted by Crippen LogP contribution is 2.37. The molecule has 0 aromatic carbocycles. The zero-order valence-electron chi connectivity index (χ0n) is 10.3. The topological polar surface area (TPSA) is 37.8 Å². The van der Waals surface area contributed by atoms with E-state index in [9.17, 15) is 0 Å². The Hall–Kier alpha value is -0.460. The quantitative estimate of drug-likeness (QED) is 0.829. The molecule has 0 aliphatic carbocycles. The fourth-order valence-electron chi connectivity index (χ4n) is 1.72. The number of halogens is 2. The number of rotatable bonds is 3. The van der Waals surface area contributed by atoms with E-state index in [1.807, 2.05) is 13.1 Å². The molecule has 18 heavy (non-hydrogen) atoms. The normalized spacial score (nSPS) is 10.7. The third-order valence-electron chi connectivity index (χ3n) is 2.68. The second-order valence-electron chi connectivity index (χ2n) is 3.80. The van der Waals surface area contributed by atoms with E-state index in [4.69, 9.17) is 0 Å². The highest BCUT2D eigenvalue weighted by Gasteiger charge is 2.13. The lowest BCUT2D eigenvalue weighted by Gasteiger charge is -2.10. The summed E-state index contributed by atoms with van der Waals surface area (Å²) in [5, 5.41) is 3.13. The highest BCUT2D eigenvalue weighted by molar-refractivity contribution is 9.13. The summed E-state index contributed by atoms with van der Waals surface area (Å²) in [6, 6.07) is 2.04. The molecule has 0 saturated carbocycles. The molecule has 96 valence electrons. The van der Waals surface area contributed by atoms with Gasteiger partial charge in [0.15, 0.2) is 5.82 Å². The average molecular weight is 391 g/mol. The molecule has 0 atom stereocenters. The molecule has 0 saturated heterocycles. The third-order valence-corrected chi connectivity index (χ3v) is 5.94. The number of aromatic nitrogens is 2. The number of hydrogen-bond acceptors (Lipinski definition) is 4. The van der Waals surface area contributed by atoms with Crippen molar-refractivity contribution >= 4 is 49.0 Å². The van der Waals surface area contributed by atoms with Gasteiger partial charge in [0.05, 0.1) is 8.66 Å². The lowest BCUT2D eigenvalue weighted by Crippen LogP contribution is -2.04. The van der Waals surface area contributed by atoms with Crippen LogP contribution in [0.5, 0.6) is 0 Å². The smallest absolute Gasteiger partial charge is 0.171 e. The molecule has 1 N–H and O–H groups in total. The predicted molar refractivity (Wildman–Crippen MR) is 84.4 cm³/mol. The molecule has 2 heterocycles. The van der Waals surface area contributed by atoms with Crippen LogP contribution in [0.2, 0.25) is 0 Å². The summed E-state index contributed by atoms with van der Waals surface area (Å²) >= 11 is 8.62. The van der Waals surface area contributed by atoms with Gasteiger partial charge in [-0.05, 0) is 51.3 Å². The van der Waals surface area contributed by atoms with Gasteiger partial charge >= 0.3 is 0 Å². The van der Waals surface area contributed by atoms with Gasteiger partial charge in [-0.25, -0.2) is 9.97 Å². The summed E-state index contributed by atoms with van der Waals surface area (Å²) in [4.78, 5) is 10.3. The molecule has 2 aromatic rings. The molecule has 3 nitrogen and oxygen atoms in total. The molecule has 0 bridgehead atoms. The predicted octanol–water partition coefficient (Wildman–Crippen LogP) is 4.64. The van der Waals surface area contributed by atoms with Gasteiger partial charge in [-0.1, -0.05) is 6.92 Å². The van der Waals surface area contributed by atoms with Crippen molar-refractivity contribution in [2.24, 2.45) is 0 Å². The minimum atomic E-state index is 0.776. The van der Waals surface area contributed by atoms with Gasteiger partial charge in [0.25, 0.3) is 0 Å². The fraction of sp³-hybridized carbons (Fsp3) is 0.333. The van der Waals surface area contributed by atoms with E-state index in [0.29, 0.717) is 0 Å². The number of nitrogens with zero attached hydrogens (tertiary/aromatic N) is 2. The van der Waals surface area contributed by atoms with Crippen LogP contribution in [0.25, 0.3) is 10.7 Å². The summed E-state index contributed by atoms with van der Waals surface area (Å²) in [6.07, 6.45) is 0.906. The first-order valence-corrected chi connectivity index (χ1v) is 7.97. The Morgan fingerprint density at radius 1 is 1.33 bits per heavy atom. The molecule has 0 aliphatic heterocycles.